The van der Waals surface area contributed by atoms with E-state index in [1.54, 1.807) is 0 Å². The summed E-state index contributed by atoms with van der Waals surface area (Å²) in [5.74, 6) is 1.38. The molecule has 1 aromatic carbocycles. The quantitative estimate of drug-likeness (QED) is 0.869. The van der Waals surface area contributed by atoms with Gasteiger partial charge in [0.15, 0.2) is 0 Å². The lowest BCUT2D eigenvalue weighted by molar-refractivity contribution is -0.127. The lowest BCUT2D eigenvalue weighted by Gasteiger charge is -2.24. The van der Waals surface area contributed by atoms with Crippen molar-refractivity contribution in [2.45, 2.75) is 39.7 Å². The number of hydrogen-bond acceptors (Lipinski definition) is 2. The van der Waals surface area contributed by atoms with Crippen LogP contribution in [0.2, 0.25) is 0 Å². The van der Waals surface area contributed by atoms with Crippen LogP contribution in [0.4, 0.5) is 0 Å². The van der Waals surface area contributed by atoms with Crippen molar-refractivity contribution in [3.8, 4) is 5.75 Å². The molecule has 3 nitrogen and oxygen atoms in total. The average Bonchev–Trinajstić information content (AvgIpc) is 2.27. The number of hydrogen-bond donors (Lipinski definition) is 1. The molecule has 0 aromatic heterocycles. The summed E-state index contributed by atoms with van der Waals surface area (Å²) in [4.78, 5) is 11.7. The molecule has 0 unspecified atom stereocenters. The van der Waals surface area contributed by atoms with Crippen LogP contribution in [0.25, 0.3) is 0 Å². The summed E-state index contributed by atoms with van der Waals surface area (Å²) in [7, 11) is 0. The summed E-state index contributed by atoms with van der Waals surface area (Å²) in [6.07, 6.45) is 3.29. The first kappa shape index (κ1) is 12.9. The van der Waals surface area contributed by atoms with Gasteiger partial charge in [-0.15, -0.1) is 0 Å². The molecular weight excluding hydrogens is 226 g/mol. The fourth-order valence-corrected chi connectivity index (χ4v) is 2.14. The number of ether oxygens (including phenoxy) is 1. The van der Waals surface area contributed by atoms with Crippen LogP contribution in [-0.4, -0.2) is 12.5 Å². The molecule has 0 heterocycles. The third-order valence-corrected chi connectivity index (χ3v) is 3.48. The lowest BCUT2D eigenvalue weighted by Crippen LogP contribution is -2.33. The number of benzene rings is 1. The molecule has 0 atom stereocenters. The first-order chi connectivity index (χ1) is 8.70. The molecule has 3 heteroatoms. The predicted octanol–water partition coefficient (Wildman–Crippen LogP) is 2.81. The van der Waals surface area contributed by atoms with Crippen LogP contribution in [-0.2, 0) is 11.3 Å². The molecule has 2 rings (SSSR count). The molecule has 98 valence electrons. The first-order valence-electron chi connectivity index (χ1n) is 6.70. The molecular formula is C15H21NO2. The summed E-state index contributed by atoms with van der Waals surface area (Å²) in [6, 6.07) is 6.06. The predicted molar refractivity (Wildman–Crippen MR) is 71.5 cm³/mol. The second kappa shape index (κ2) is 5.89. The molecule has 18 heavy (non-hydrogen) atoms. The molecule has 1 amide bonds. The van der Waals surface area contributed by atoms with Crippen LogP contribution in [0.3, 0.4) is 0 Å². The Kier molecular flexibility index (Phi) is 4.24. The first-order valence-corrected chi connectivity index (χ1v) is 6.70. The third kappa shape index (κ3) is 3.03. The van der Waals surface area contributed by atoms with E-state index < -0.39 is 0 Å². The number of nitrogens with one attached hydrogen (secondary N) is 1. The van der Waals surface area contributed by atoms with Crippen molar-refractivity contribution in [2.75, 3.05) is 6.61 Å². The van der Waals surface area contributed by atoms with Gasteiger partial charge in [0.05, 0.1) is 6.61 Å². The van der Waals surface area contributed by atoms with Crippen LogP contribution in [0.15, 0.2) is 18.2 Å². The van der Waals surface area contributed by atoms with Crippen molar-refractivity contribution in [2.24, 2.45) is 5.92 Å². The Hall–Kier alpha value is -1.51. The van der Waals surface area contributed by atoms with Crippen LogP contribution in [0.5, 0.6) is 5.75 Å². The highest BCUT2D eigenvalue weighted by Gasteiger charge is 2.24. The van der Waals surface area contributed by atoms with Crippen LogP contribution in [0, 0.1) is 12.8 Å². The Morgan fingerprint density at radius 2 is 2.22 bits per heavy atom. The van der Waals surface area contributed by atoms with Gasteiger partial charge in [-0.25, -0.2) is 0 Å². The lowest BCUT2D eigenvalue weighted by atomic mass is 9.85. The van der Waals surface area contributed by atoms with Gasteiger partial charge in [-0.1, -0.05) is 18.6 Å². The van der Waals surface area contributed by atoms with E-state index in [-0.39, 0.29) is 11.8 Å². The Bertz CT molecular complexity index is 425. The van der Waals surface area contributed by atoms with Crippen molar-refractivity contribution >= 4 is 5.91 Å². The minimum absolute atomic E-state index is 0.202. The van der Waals surface area contributed by atoms with E-state index in [9.17, 15) is 4.79 Å². The van der Waals surface area contributed by atoms with Crippen LogP contribution < -0.4 is 10.1 Å². The van der Waals surface area contributed by atoms with Gasteiger partial charge >= 0.3 is 0 Å². The summed E-state index contributed by atoms with van der Waals surface area (Å²) in [5, 5.41) is 3.00. The number of aryl methyl sites for hydroxylation is 1. The summed E-state index contributed by atoms with van der Waals surface area (Å²) < 4.78 is 5.49. The molecule has 1 aromatic rings. The van der Waals surface area contributed by atoms with E-state index in [0.717, 1.165) is 29.7 Å². The second-order valence-electron chi connectivity index (χ2n) is 4.88. The topological polar surface area (TPSA) is 38.3 Å². The van der Waals surface area contributed by atoms with Gasteiger partial charge in [-0.2, -0.15) is 0 Å². The van der Waals surface area contributed by atoms with Gasteiger partial charge in [0.25, 0.3) is 0 Å². The summed E-state index contributed by atoms with van der Waals surface area (Å²) in [6.45, 7) is 5.30. The van der Waals surface area contributed by atoms with E-state index >= 15 is 0 Å². The number of amides is 1. The molecule has 1 N–H and O–H groups in total. The largest absolute Gasteiger partial charge is 0.494 e. The maximum Gasteiger partial charge on any atom is 0.223 e. The van der Waals surface area contributed by atoms with Gasteiger partial charge < -0.3 is 10.1 Å². The normalized spacial score (nSPS) is 15.0. The molecule has 0 bridgehead atoms. The average molecular weight is 247 g/mol. The Morgan fingerprint density at radius 3 is 2.78 bits per heavy atom. The van der Waals surface area contributed by atoms with Gasteiger partial charge in [0.1, 0.15) is 5.75 Å². The van der Waals surface area contributed by atoms with Crippen LogP contribution >= 0.6 is 0 Å². The number of rotatable bonds is 5. The summed E-state index contributed by atoms with van der Waals surface area (Å²) >= 11 is 0. The molecule has 0 radical (unpaired) electrons. The van der Waals surface area contributed by atoms with Crippen molar-refractivity contribution in [1.82, 2.24) is 5.32 Å². The van der Waals surface area contributed by atoms with Crippen molar-refractivity contribution in [3.05, 3.63) is 29.3 Å². The zero-order valence-corrected chi connectivity index (χ0v) is 11.2. The van der Waals surface area contributed by atoms with E-state index in [0.29, 0.717) is 13.2 Å². The molecule has 0 aliphatic heterocycles. The highest BCUT2D eigenvalue weighted by Crippen LogP contribution is 2.26. The second-order valence-corrected chi connectivity index (χ2v) is 4.88. The number of carbonyl (C=O) groups excluding carboxylic acids is 1. The Labute approximate surface area is 109 Å². The standard InChI is InChI=1S/C15H21NO2/c1-3-18-14-8-7-12(9-11(14)2)10-16-15(17)13-5-4-6-13/h7-9,13H,3-6,10H2,1-2H3,(H,16,17). The van der Waals surface area contributed by atoms with E-state index in [1.165, 1.54) is 6.42 Å². The van der Waals surface area contributed by atoms with Crippen LogP contribution in [0.1, 0.15) is 37.3 Å². The number of carbonyl (C=O) groups is 1. The molecule has 1 saturated carbocycles. The van der Waals surface area contributed by atoms with Crippen molar-refractivity contribution in [1.29, 1.82) is 0 Å². The molecule has 0 saturated heterocycles. The van der Waals surface area contributed by atoms with Crippen molar-refractivity contribution < 1.29 is 9.53 Å². The minimum atomic E-state index is 0.202. The van der Waals surface area contributed by atoms with Gasteiger partial charge in [-0.05, 0) is 43.9 Å². The smallest absolute Gasteiger partial charge is 0.223 e. The van der Waals surface area contributed by atoms with Crippen molar-refractivity contribution in [3.63, 3.8) is 0 Å². The summed E-state index contributed by atoms with van der Waals surface area (Å²) in [5.41, 5.74) is 2.25. The maximum atomic E-state index is 11.7. The SMILES string of the molecule is CCOc1ccc(CNC(=O)C2CCC2)cc1C. The highest BCUT2D eigenvalue weighted by molar-refractivity contribution is 5.79. The zero-order valence-electron chi connectivity index (χ0n) is 11.2. The Balaban J connectivity index is 1.89. The molecule has 1 aliphatic carbocycles. The van der Waals surface area contributed by atoms with E-state index in [4.69, 9.17) is 4.74 Å². The zero-order chi connectivity index (χ0) is 13.0. The fraction of sp³-hybridized carbons (Fsp3) is 0.533. The monoisotopic (exact) mass is 247 g/mol. The minimum Gasteiger partial charge on any atom is -0.494 e. The molecule has 0 spiro atoms. The molecule has 1 fully saturated rings. The van der Waals surface area contributed by atoms with E-state index in [2.05, 4.69) is 11.4 Å². The van der Waals surface area contributed by atoms with Gasteiger partial charge in [0, 0.05) is 12.5 Å². The maximum absolute atomic E-state index is 11.7. The third-order valence-electron chi connectivity index (χ3n) is 3.48. The van der Waals surface area contributed by atoms with E-state index in [1.807, 2.05) is 26.0 Å². The fourth-order valence-electron chi connectivity index (χ4n) is 2.14. The Morgan fingerprint density at radius 1 is 1.44 bits per heavy atom. The van der Waals surface area contributed by atoms with Gasteiger partial charge in [-0.3, -0.25) is 4.79 Å². The molecule has 1 aliphatic rings. The van der Waals surface area contributed by atoms with Gasteiger partial charge in [0.2, 0.25) is 5.91 Å². The highest BCUT2D eigenvalue weighted by atomic mass is 16.5.